The van der Waals surface area contributed by atoms with Crippen LogP contribution in [0.15, 0.2) is 17.4 Å². The summed E-state index contributed by atoms with van der Waals surface area (Å²) >= 11 is 0. The van der Waals surface area contributed by atoms with Crippen molar-refractivity contribution in [2.45, 2.75) is 58.0 Å². The molecule has 2 rings (SSSR count). The van der Waals surface area contributed by atoms with Crippen molar-refractivity contribution < 1.29 is 0 Å². The Hall–Kier alpha value is -0.830. The van der Waals surface area contributed by atoms with E-state index in [2.05, 4.69) is 54.8 Å². The lowest BCUT2D eigenvalue weighted by Crippen LogP contribution is -2.45. The molecular weight excluding hydrogens is 439 g/mol. The van der Waals surface area contributed by atoms with Crippen molar-refractivity contribution in [3.63, 3.8) is 0 Å². The molecule has 6 nitrogen and oxygen atoms in total. The Kier molecular flexibility index (Phi) is 10.5. The third-order valence-electron chi connectivity index (χ3n) is 5.20. The van der Waals surface area contributed by atoms with Crippen molar-refractivity contribution in [2.24, 2.45) is 18.0 Å². The number of likely N-dealkylation sites (N-methyl/N-ethyl adjacent to an activating group) is 1. The van der Waals surface area contributed by atoms with Gasteiger partial charge in [0, 0.05) is 31.4 Å². The molecule has 1 fully saturated rings. The van der Waals surface area contributed by atoms with Crippen molar-refractivity contribution >= 4 is 29.9 Å². The molecule has 3 unspecified atom stereocenters. The first-order valence-corrected chi connectivity index (χ1v) is 9.73. The van der Waals surface area contributed by atoms with Gasteiger partial charge in [0.1, 0.15) is 0 Å². The van der Waals surface area contributed by atoms with Crippen molar-refractivity contribution in [1.82, 2.24) is 25.3 Å². The second-order valence-electron chi connectivity index (χ2n) is 7.43. The third kappa shape index (κ3) is 7.06. The van der Waals surface area contributed by atoms with Crippen LogP contribution in [0.4, 0.5) is 0 Å². The Morgan fingerprint density at radius 3 is 2.73 bits per heavy atom. The molecule has 0 spiro atoms. The largest absolute Gasteiger partial charge is 0.357 e. The Morgan fingerprint density at radius 2 is 2.15 bits per heavy atom. The minimum atomic E-state index is 0. The van der Waals surface area contributed by atoms with Crippen molar-refractivity contribution in [3.05, 3.63) is 18.0 Å². The fraction of sp³-hybridized carbons (Fsp3) is 0.789. The maximum Gasteiger partial charge on any atom is 0.191 e. The molecule has 26 heavy (non-hydrogen) atoms. The van der Waals surface area contributed by atoms with Gasteiger partial charge in [0.2, 0.25) is 0 Å². The Morgan fingerprint density at radius 1 is 1.38 bits per heavy atom. The minimum absolute atomic E-state index is 0. The highest BCUT2D eigenvalue weighted by atomic mass is 127. The summed E-state index contributed by atoms with van der Waals surface area (Å²) in [4.78, 5) is 7.09. The Balaban J connectivity index is 0.00000338. The van der Waals surface area contributed by atoms with Crippen molar-refractivity contribution in [3.8, 4) is 0 Å². The van der Waals surface area contributed by atoms with Crippen LogP contribution in [-0.2, 0) is 7.05 Å². The SMILES string of the molecule is CCNC(=NCC(c1cnn(C)c1)N(C)C)NC1CCCC(CC)C1.I. The molecule has 1 aliphatic rings. The van der Waals surface area contributed by atoms with Crippen LogP contribution in [0.1, 0.15) is 57.6 Å². The Bertz CT molecular complexity index is 542. The molecule has 0 radical (unpaired) electrons. The number of hydrogen-bond donors (Lipinski definition) is 2. The molecule has 1 aliphatic carbocycles. The molecule has 0 aromatic carbocycles. The van der Waals surface area contributed by atoms with Gasteiger partial charge in [0.15, 0.2) is 5.96 Å². The van der Waals surface area contributed by atoms with Crippen LogP contribution in [0.5, 0.6) is 0 Å². The highest BCUT2D eigenvalue weighted by Gasteiger charge is 2.22. The van der Waals surface area contributed by atoms with Crippen LogP contribution in [0, 0.1) is 5.92 Å². The molecule has 0 bridgehead atoms. The fourth-order valence-corrected chi connectivity index (χ4v) is 3.66. The molecule has 2 N–H and O–H groups in total. The molecule has 3 atom stereocenters. The second-order valence-corrected chi connectivity index (χ2v) is 7.43. The van der Waals surface area contributed by atoms with E-state index in [1.54, 1.807) is 0 Å². The molecule has 1 aromatic rings. The summed E-state index contributed by atoms with van der Waals surface area (Å²) < 4.78 is 1.85. The number of nitrogens with one attached hydrogen (secondary N) is 2. The summed E-state index contributed by atoms with van der Waals surface area (Å²) in [6.07, 6.45) is 10.5. The zero-order valence-electron chi connectivity index (χ0n) is 17.0. The lowest BCUT2D eigenvalue weighted by atomic mass is 9.84. The first kappa shape index (κ1) is 23.2. The average Bonchev–Trinajstić information content (AvgIpc) is 3.01. The number of guanidine groups is 1. The van der Waals surface area contributed by atoms with Crippen LogP contribution in [0.2, 0.25) is 0 Å². The molecular formula is C19H37IN6. The maximum atomic E-state index is 4.88. The van der Waals surface area contributed by atoms with E-state index in [0.29, 0.717) is 6.04 Å². The van der Waals surface area contributed by atoms with Gasteiger partial charge < -0.3 is 15.5 Å². The number of hydrogen-bond acceptors (Lipinski definition) is 3. The van der Waals surface area contributed by atoms with Gasteiger partial charge in [-0.15, -0.1) is 24.0 Å². The van der Waals surface area contributed by atoms with Crippen molar-refractivity contribution in [2.75, 3.05) is 27.2 Å². The van der Waals surface area contributed by atoms with Gasteiger partial charge in [-0.3, -0.25) is 9.67 Å². The Labute approximate surface area is 176 Å². The monoisotopic (exact) mass is 476 g/mol. The van der Waals surface area contributed by atoms with Gasteiger partial charge in [-0.1, -0.05) is 26.2 Å². The quantitative estimate of drug-likeness (QED) is 0.361. The van der Waals surface area contributed by atoms with E-state index >= 15 is 0 Å². The number of halogens is 1. The average molecular weight is 476 g/mol. The van der Waals surface area contributed by atoms with E-state index in [0.717, 1.165) is 25.0 Å². The van der Waals surface area contributed by atoms with E-state index in [1.165, 1.54) is 37.7 Å². The van der Waals surface area contributed by atoms with Crippen LogP contribution in [-0.4, -0.2) is 53.9 Å². The molecule has 0 saturated heterocycles. The van der Waals surface area contributed by atoms with Gasteiger partial charge >= 0.3 is 0 Å². The fourth-order valence-electron chi connectivity index (χ4n) is 3.66. The van der Waals surface area contributed by atoms with E-state index in [-0.39, 0.29) is 30.0 Å². The number of rotatable bonds is 7. The summed E-state index contributed by atoms with van der Waals surface area (Å²) in [5, 5.41) is 11.4. The van der Waals surface area contributed by atoms with Gasteiger partial charge in [-0.25, -0.2) is 0 Å². The topological polar surface area (TPSA) is 57.5 Å². The lowest BCUT2D eigenvalue weighted by Gasteiger charge is -2.30. The van der Waals surface area contributed by atoms with Crippen molar-refractivity contribution in [1.29, 1.82) is 0 Å². The van der Waals surface area contributed by atoms with Gasteiger partial charge in [-0.05, 0) is 39.8 Å². The molecule has 0 amide bonds. The normalized spacial score (nSPS) is 22.0. The number of nitrogens with zero attached hydrogens (tertiary/aromatic N) is 4. The van der Waals surface area contributed by atoms with E-state index in [1.807, 2.05) is 17.9 Å². The number of aromatic nitrogens is 2. The zero-order chi connectivity index (χ0) is 18.2. The second kappa shape index (κ2) is 11.8. The number of aryl methyl sites for hydroxylation is 1. The van der Waals surface area contributed by atoms with Gasteiger partial charge in [0.05, 0.1) is 18.8 Å². The van der Waals surface area contributed by atoms with Crippen LogP contribution in [0.25, 0.3) is 0 Å². The van der Waals surface area contributed by atoms with Crippen LogP contribution < -0.4 is 10.6 Å². The summed E-state index contributed by atoms with van der Waals surface area (Å²) in [6, 6.07) is 0.784. The summed E-state index contributed by atoms with van der Waals surface area (Å²) in [7, 11) is 6.15. The number of aliphatic imine (C=N–C) groups is 1. The summed E-state index contributed by atoms with van der Waals surface area (Å²) in [5.41, 5.74) is 1.20. The molecule has 0 aliphatic heterocycles. The molecule has 1 heterocycles. The molecule has 7 heteroatoms. The van der Waals surface area contributed by atoms with E-state index in [4.69, 9.17) is 4.99 Å². The molecule has 1 saturated carbocycles. The zero-order valence-corrected chi connectivity index (χ0v) is 19.4. The smallest absolute Gasteiger partial charge is 0.191 e. The van der Waals surface area contributed by atoms with Crippen LogP contribution in [0.3, 0.4) is 0 Å². The predicted molar refractivity (Wildman–Crippen MR) is 120 cm³/mol. The minimum Gasteiger partial charge on any atom is -0.357 e. The molecule has 150 valence electrons. The van der Waals surface area contributed by atoms with Crippen LogP contribution >= 0.6 is 24.0 Å². The summed E-state index contributed by atoms with van der Waals surface area (Å²) in [6.45, 7) is 6.03. The van der Waals surface area contributed by atoms with Gasteiger partial charge in [-0.2, -0.15) is 5.10 Å². The van der Waals surface area contributed by atoms with E-state index in [9.17, 15) is 0 Å². The third-order valence-corrected chi connectivity index (χ3v) is 5.20. The predicted octanol–water partition coefficient (Wildman–Crippen LogP) is 3.16. The lowest BCUT2D eigenvalue weighted by molar-refractivity contribution is 0.295. The summed E-state index contributed by atoms with van der Waals surface area (Å²) in [5.74, 6) is 1.80. The highest BCUT2D eigenvalue weighted by Crippen LogP contribution is 2.26. The first-order valence-electron chi connectivity index (χ1n) is 9.73. The van der Waals surface area contributed by atoms with E-state index < -0.39 is 0 Å². The first-order chi connectivity index (χ1) is 12.0. The maximum absolute atomic E-state index is 4.88. The molecule has 1 aromatic heterocycles. The van der Waals surface area contributed by atoms with Gasteiger partial charge in [0.25, 0.3) is 0 Å². The standard InChI is InChI=1S/C19H36N6.HI/c1-6-15-9-8-10-17(11-15)23-19(20-7-2)21-13-18(24(3)4)16-12-22-25(5)14-16;/h12,14-15,17-18H,6-11,13H2,1-5H3,(H2,20,21,23);1H. The highest BCUT2D eigenvalue weighted by molar-refractivity contribution is 14.0.